The highest BCUT2D eigenvalue weighted by Gasteiger charge is 2.15. The van der Waals surface area contributed by atoms with E-state index < -0.39 is 6.61 Å². The van der Waals surface area contributed by atoms with Gasteiger partial charge < -0.3 is 19.6 Å². The number of carbonyl (C=O) groups is 2. The van der Waals surface area contributed by atoms with Gasteiger partial charge in [-0.15, -0.1) is 0 Å². The number of nitrogens with zero attached hydrogens (tertiary/aromatic N) is 2. The van der Waals surface area contributed by atoms with E-state index in [0.29, 0.717) is 25.7 Å². The minimum atomic E-state index is -0.408. The molecule has 0 radical (unpaired) electrons. The van der Waals surface area contributed by atoms with Crippen LogP contribution in [-0.2, 0) is 40.0 Å². The van der Waals surface area contributed by atoms with E-state index in [9.17, 15) is 9.59 Å². The lowest BCUT2D eigenvalue weighted by atomic mass is 10.0. The lowest BCUT2D eigenvalue weighted by molar-refractivity contribution is -0.140. The Morgan fingerprint density at radius 1 is 0.442 bits per heavy atom. The van der Waals surface area contributed by atoms with Crippen molar-refractivity contribution in [3.05, 3.63) is 180 Å². The molecular formula is C46H44N2O4. The van der Waals surface area contributed by atoms with E-state index in [1.54, 1.807) is 0 Å². The van der Waals surface area contributed by atoms with Crippen molar-refractivity contribution in [2.45, 2.75) is 38.5 Å². The highest BCUT2D eigenvalue weighted by atomic mass is 16.5. The molecule has 0 spiro atoms. The zero-order valence-electron chi connectivity index (χ0n) is 29.5. The molecule has 52 heavy (non-hydrogen) atoms. The Morgan fingerprint density at radius 3 is 1.08 bits per heavy atom. The van der Waals surface area contributed by atoms with Crippen LogP contribution in [0.15, 0.2) is 158 Å². The molecule has 0 saturated carbocycles. The lowest BCUT2D eigenvalue weighted by Crippen LogP contribution is -2.10. The second kappa shape index (κ2) is 17.8. The third-order valence-corrected chi connectivity index (χ3v) is 9.22. The number of hydrogen-bond acceptors (Lipinski definition) is 6. The second-order valence-corrected chi connectivity index (χ2v) is 12.8. The number of aliphatic hydroxyl groups excluding tert-OH is 1. The fourth-order valence-corrected chi connectivity index (χ4v) is 6.30. The van der Waals surface area contributed by atoms with E-state index in [-0.39, 0.29) is 11.8 Å². The molecule has 6 aromatic rings. The van der Waals surface area contributed by atoms with Gasteiger partial charge in [0.25, 0.3) is 0 Å². The maximum absolute atomic E-state index is 11.6. The lowest BCUT2D eigenvalue weighted by Gasteiger charge is -2.26. The van der Waals surface area contributed by atoms with Crippen LogP contribution in [-0.4, -0.2) is 30.6 Å². The van der Waals surface area contributed by atoms with Crippen LogP contribution in [0.2, 0.25) is 0 Å². The Hall–Kier alpha value is -5.98. The van der Waals surface area contributed by atoms with Crippen molar-refractivity contribution in [2.75, 3.05) is 23.5 Å². The minimum absolute atomic E-state index is 0.143. The molecule has 0 amide bonds. The van der Waals surface area contributed by atoms with Crippen LogP contribution < -0.4 is 9.80 Å². The Labute approximate surface area is 306 Å². The van der Waals surface area contributed by atoms with Crippen LogP contribution in [0.5, 0.6) is 0 Å². The average molecular weight is 689 g/mol. The second-order valence-electron chi connectivity index (χ2n) is 12.8. The number of ether oxygens (including phenoxy) is 1. The summed E-state index contributed by atoms with van der Waals surface area (Å²) < 4.78 is 4.80. The van der Waals surface area contributed by atoms with Gasteiger partial charge in [-0.05, 0) is 121 Å². The summed E-state index contributed by atoms with van der Waals surface area (Å²) in [6.45, 7) is -0.408. The van der Waals surface area contributed by atoms with Gasteiger partial charge in [0.1, 0.15) is 6.61 Å². The van der Waals surface area contributed by atoms with Crippen molar-refractivity contribution in [3.8, 4) is 0 Å². The molecule has 0 aliphatic heterocycles. The molecule has 0 heterocycles. The number of rotatable bonds is 16. The summed E-state index contributed by atoms with van der Waals surface area (Å²) >= 11 is 0. The van der Waals surface area contributed by atoms with E-state index in [0.717, 1.165) is 58.1 Å². The Morgan fingerprint density at radius 2 is 0.750 bits per heavy atom. The van der Waals surface area contributed by atoms with Crippen LogP contribution >= 0.6 is 0 Å². The van der Waals surface area contributed by atoms with Gasteiger partial charge in [0, 0.05) is 47.0 Å². The first kappa shape index (κ1) is 35.8. The molecular weight excluding hydrogens is 645 g/mol. The fraction of sp³-hybridized carbons (Fsp3) is 0.174. The van der Waals surface area contributed by atoms with E-state index in [4.69, 9.17) is 9.84 Å². The number of hydrogen-bond donors (Lipinski definition) is 1. The van der Waals surface area contributed by atoms with Crippen LogP contribution in [0.1, 0.15) is 35.1 Å². The molecule has 0 atom stereocenters. The number of aliphatic hydroxyl groups is 1. The maximum atomic E-state index is 11.6. The Balaban J connectivity index is 1.14. The molecule has 0 saturated heterocycles. The van der Waals surface area contributed by atoms with Crippen LogP contribution in [0.25, 0.3) is 0 Å². The summed E-state index contributed by atoms with van der Waals surface area (Å²) in [4.78, 5) is 27.7. The quantitative estimate of drug-likeness (QED) is 0.102. The monoisotopic (exact) mass is 688 g/mol. The summed E-state index contributed by atoms with van der Waals surface area (Å²) in [7, 11) is 1.42. The average Bonchev–Trinajstić information content (AvgIpc) is 3.21. The van der Waals surface area contributed by atoms with Gasteiger partial charge >= 0.3 is 5.97 Å². The number of carbonyl (C=O) groups excluding carboxylic acids is 2. The predicted octanol–water partition coefficient (Wildman–Crippen LogP) is 10.0. The third-order valence-electron chi connectivity index (χ3n) is 9.22. The molecule has 6 heteroatoms. The van der Waals surface area contributed by atoms with Crippen molar-refractivity contribution in [3.63, 3.8) is 0 Å². The number of para-hydroxylation sites is 2. The van der Waals surface area contributed by atoms with E-state index >= 15 is 0 Å². The minimum Gasteiger partial charge on any atom is -0.469 e. The molecule has 0 bridgehead atoms. The van der Waals surface area contributed by atoms with E-state index in [1.807, 2.05) is 36.4 Å². The summed E-state index contributed by atoms with van der Waals surface area (Å²) in [6, 6.07) is 54.9. The highest BCUT2D eigenvalue weighted by molar-refractivity contribution is 5.80. The number of aryl methyl sites for hydroxylation is 4. The van der Waals surface area contributed by atoms with Gasteiger partial charge in [0.15, 0.2) is 5.78 Å². The molecule has 6 aromatic carbocycles. The van der Waals surface area contributed by atoms with Crippen LogP contribution in [0.4, 0.5) is 34.1 Å². The summed E-state index contributed by atoms with van der Waals surface area (Å²) in [6.07, 6.45) is 3.80. The molecule has 6 rings (SSSR count). The maximum Gasteiger partial charge on any atom is 0.305 e. The summed E-state index contributed by atoms with van der Waals surface area (Å²) in [5, 5.41) is 9.06. The zero-order valence-corrected chi connectivity index (χ0v) is 29.5. The van der Waals surface area contributed by atoms with Crippen LogP contribution in [0, 0.1) is 0 Å². The SMILES string of the molecule is COC(=O)CCc1ccc(N(c2ccccc2)c2ccc(CCc3ccc(N(c4ccccc4)c4ccc(CCC(=O)CO)cc4)cc3)cc2)cc1. The Bertz CT molecular complexity index is 1860. The molecule has 1 N–H and O–H groups in total. The van der Waals surface area contributed by atoms with E-state index in [2.05, 4.69) is 131 Å². The summed E-state index contributed by atoms with van der Waals surface area (Å²) in [5.41, 5.74) is 11.1. The van der Waals surface area contributed by atoms with Crippen molar-refractivity contribution in [1.82, 2.24) is 0 Å². The number of Topliss-reactive ketones (excluding diaryl/α,β-unsaturated/α-hetero) is 1. The van der Waals surface area contributed by atoms with Crippen LogP contribution in [0.3, 0.4) is 0 Å². The van der Waals surface area contributed by atoms with Gasteiger partial charge in [-0.25, -0.2) is 0 Å². The van der Waals surface area contributed by atoms with Crippen molar-refractivity contribution in [2.24, 2.45) is 0 Å². The molecule has 0 aliphatic rings. The fourth-order valence-electron chi connectivity index (χ4n) is 6.30. The number of benzene rings is 6. The Kier molecular flexibility index (Phi) is 12.3. The molecule has 6 nitrogen and oxygen atoms in total. The van der Waals surface area contributed by atoms with Gasteiger partial charge in [0.05, 0.1) is 7.11 Å². The number of anilines is 6. The normalized spacial score (nSPS) is 10.8. The van der Waals surface area contributed by atoms with Crippen molar-refractivity contribution in [1.29, 1.82) is 0 Å². The molecule has 0 unspecified atom stereocenters. The first-order valence-electron chi connectivity index (χ1n) is 17.8. The van der Waals surface area contributed by atoms with Gasteiger partial charge in [-0.2, -0.15) is 0 Å². The van der Waals surface area contributed by atoms with Gasteiger partial charge in [0.2, 0.25) is 0 Å². The molecule has 262 valence electrons. The largest absolute Gasteiger partial charge is 0.469 e. The molecule has 0 aromatic heterocycles. The predicted molar refractivity (Wildman–Crippen MR) is 210 cm³/mol. The molecule has 0 fully saturated rings. The number of esters is 1. The smallest absolute Gasteiger partial charge is 0.305 e. The van der Waals surface area contributed by atoms with Gasteiger partial charge in [-0.1, -0.05) is 84.9 Å². The van der Waals surface area contributed by atoms with Crippen molar-refractivity contribution < 1.29 is 19.4 Å². The molecule has 0 aliphatic carbocycles. The first-order chi connectivity index (χ1) is 25.5. The number of ketones is 1. The van der Waals surface area contributed by atoms with Gasteiger partial charge in [-0.3, -0.25) is 9.59 Å². The topological polar surface area (TPSA) is 70.1 Å². The standard InChI is InChI=1S/C46H44N2O4/c1-52-46(51)33-23-38-20-30-44(31-21-38)48(40-10-6-3-7-11-40)42-26-16-36(17-27-42)13-12-35-14-24-41(25-15-35)47(39-8-4-2-5-9-39)43-28-18-37(19-29-43)22-32-45(50)34-49/h2-11,14-21,24-31,49H,12-13,22-23,32-34H2,1H3. The van der Waals surface area contributed by atoms with E-state index in [1.165, 1.54) is 18.2 Å². The third kappa shape index (κ3) is 9.42. The van der Waals surface area contributed by atoms with Crippen molar-refractivity contribution >= 4 is 45.9 Å². The first-order valence-corrected chi connectivity index (χ1v) is 17.8. The summed E-state index contributed by atoms with van der Waals surface area (Å²) in [5.74, 6) is -0.345. The number of methoxy groups -OCH3 is 1. The zero-order chi connectivity index (χ0) is 36.1. The highest BCUT2D eigenvalue weighted by Crippen LogP contribution is 2.36.